The average Bonchev–Trinajstić information content (AvgIpc) is 3.21. The van der Waals surface area contributed by atoms with Crippen molar-refractivity contribution in [2.45, 2.75) is 39.1 Å². The Morgan fingerprint density at radius 3 is 2.43 bits per heavy atom. The van der Waals surface area contributed by atoms with Crippen LogP contribution in [0.4, 0.5) is 0 Å². The largest absolute Gasteiger partial charge is 0.269 e. The van der Waals surface area contributed by atoms with E-state index in [2.05, 4.69) is 38.7 Å². The fourth-order valence-electron chi connectivity index (χ4n) is 3.50. The minimum absolute atomic E-state index is 0.0522. The zero-order chi connectivity index (χ0) is 20.2. The number of carbonyl (C=O) groups excluding carboxylic acids is 1. The summed E-state index contributed by atoms with van der Waals surface area (Å²) < 4.78 is 26.4. The van der Waals surface area contributed by atoms with Crippen LogP contribution in [0.25, 0.3) is 11.3 Å². The molecule has 0 spiro atoms. The molecule has 0 saturated heterocycles. The Morgan fingerprint density at radius 1 is 1.00 bits per heavy atom. The molecular weight excluding hydrogens is 392 g/mol. The van der Waals surface area contributed by atoms with Crippen LogP contribution in [0.15, 0.2) is 40.6 Å². The average molecular weight is 413 g/mol. The van der Waals surface area contributed by atoms with Gasteiger partial charge >= 0.3 is 0 Å². The molecule has 1 aromatic heterocycles. The molecule has 3 aromatic rings. The zero-order valence-corrected chi connectivity index (χ0v) is 17.7. The van der Waals surface area contributed by atoms with E-state index < -0.39 is 15.9 Å². The van der Waals surface area contributed by atoms with Gasteiger partial charge in [-0.3, -0.25) is 4.79 Å². The van der Waals surface area contributed by atoms with Gasteiger partial charge in [-0.15, -0.1) is 11.3 Å². The molecule has 0 atom stereocenters. The van der Waals surface area contributed by atoms with E-state index in [9.17, 15) is 13.2 Å². The highest BCUT2D eigenvalue weighted by atomic mass is 32.2. The second kappa shape index (κ2) is 6.53. The molecule has 0 fully saturated rings. The van der Waals surface area contributed by atoms with Gasteiger partial charge in [0.05, 0.1) is 17.8 Å². The lowest BCUT2D eigenvalue weighted by atomic mass is 9.93. The Hall–Kier alpha value is -2.51. The number of sulfonamides is 1. The van der Waals surface area contributed by atoms with E-state index in [0.717, 1.165) is 21.1 Å². The summed E-state index contributed by atoms with van der Waals surface area (Å²) in [4.78, 5) is 17.3. The minimum Gasteiger partial charge on any atom is -0.268 e. The molecule has 7 heteroatoms. The first kappa shape index (κ1) is 18.8. The van der Waals surface area contributed by atoms with Crippen LogP contribution in [0, 0.1) is 27.7 Å². The van der Waals surface area contributed by atoms with E-state index in [4.69, 9.17) is 0 Å². The van der Waals surface area contributed by atoms with Crippen LogP contribution in [-0.4, -0.2) is 23.6 Å². The number of thiazole rings is 1. The second-order valence-electron chi connectivity index (χ2n) is 7.06. The molecule has 144 valence electrons. The third-order valence-electron chi connectivity index (χ3n) is 5.50. The van der Waals surface area contributed by atoms with E-state index in [0.29, 0.717) is 5.01 Å². The normalized spacial score (nSPS) is 15.1. The number of hydrogen-bond acceptors (Lipinski definition) is 5. The van der Waals surface area contributed by atoms with E-state index >= 15 is 0 Å². The summed E-state index contributed by atoms with van der Waals surface area (Å²) in [5.74, 6) is -0.495. The number of benzene rings is 2. The van der Waals surface area contributed by atoms with Gasteiger partial charge in [-0.1, -0.05) is 12.1 Å². The lowest BCUT2D eigenvalue weighted by Crippen LogP contribution is -2.29. The van der Waals surface area contributed by atoms with Crippen LogP contribution in [0.5, 0.6) is 0 Å². The van der Waals surface area contributed by atoms with Crippen molar-refractivity contribution >= 4 is 27.3 Å². The monoisotopic (exact) mass is 412 g/mol. The number of nitrogens with zero attached hydrogens (tertiary/aromatic N) is 2. The molecule has 28 heavy (non-hydrogen) atoms. The molecule has 0 unspecified atom stereocenters. The highest BCUT2D eigenvalue weighted by Crippen LogP contribution is 2.34. The van der Waals surface area contributed by atoms with Crippen molar-refractivity contribution in [1.82, 2.24) is 9.29 Å². The molecule has 2 aromatic carbocycles. The summed E-state index contributed by atoms with van der Waals surface area (Å²) in [7, 11) is -3.83. The summed E-state index contributed by atoms with van der Waals surface area (Å²) in [6.07, 6.45) is 0. The lowest BCUT2D eigenvalue weighted by molar-refractivity contribution is 0.0865. The third kappa shape index (κ3) is 2.77. The predicted molar refractivity (Wildman–Crippen MR) is 110 cm³/mol. The Morgan fingerprint density at radius 2 is 1.71 bits per heavy atom. The predicted octanol–water partition coefficient (Wildman–Crippen LogP) is 4.39. The molecule has 1 aliphatic heterocycles. The Bertz CT molecular complexity index is 1230. The number of aromatic nitrogens is 1. The molecular formula is C21H20N2O3S2. The van der Waals surface area contributed by atoms with E-state index in [-0.39, 0.29) is 17.0 Å². The topological polar surface area (TPSA) is 67.3 Å². The van der Waals surface area contributed by atoms with Gasteiger partial charge in [0.1, 0.15) is 9.90 Å². The molecule has 5 nitrogen and oxygen atoms in total. The third-order valence-corrected chi connectivity index (χ3v) is 8.12. The van der Waals surface area contributed by atoms with Crippen molar-refractivity contribution in [1.29, 1.82) is 0 Å². The fraction of sp³-hybridized carbons (Fsp3) is 0.238. The summed E-state index contributed by atoms with van der Waals surface area (Å²) in [6, 6.07) is 8.42. The van der Waals surface area contributed by atoms with E-state index in [1.807, 2.05) is 5.38 Å². The number of aryl methyl sites for hydroxylation is 1. The summed E-state index contributed by atoms with van der Waals surface area (Å²) in [5.41, 5.74) is 6.94. The van der Waals surface area contributed by atoms with Crippen LogP contribution in [-0.2, 0) is 16.6 Å². The molecule has 0 saturated carbocycles. The minimum atomic E-state index is -3.83. The van der Waals surface area contributed by atoms with Crippen molar-refractivity contribution in [2.75, 3.05) is 0 Å². The smallest absolute Gasteiger partial charge is 0.268 e. The maximum Gasteiger partial charge on any atom is 0.269 e. The van der Waals surface area contributed by atoms with Crippen molar-refractivity contribution in [3.05, 3.63) is 68.5 Å². The van der Waals surface area contributed by atoms with Crippen molar-refractivity contribution in [2.24, 2.45) is 0 Å². The first-order valence-electron chi connectivity index (χ1n) is 8.90. The Kier molecular flexibility index (Phi) is 4.39. The van der Waals surface area contributed by atoms with Crippen LogP contribution in [0.3, 0.4) is 0 Å². The summed E-state index contributed by atoms with van der Waals surface area (Å²) in [6.45, 7) is 8.30. The van der Waals surface area contributed by atoms with Gasteiger partial charge in [-0.2, -0.15) is 0 Å². The summed E-state index contributed by atoms with van der Waals surface area (Å²) >= 11 is 1.37. The zero-order valence-electron chi connectivity index (χ0n) is 16.1. The quantitative estimate of drug-likeness (QED) is 0.640. The first-order chi connectivity index (χ1) is 13.2. The van der Waals surface area contributed by atoms with Crippen LogP contribution < -0.4 is 0 Å². The van der Waals surface area contributed by atoms with Crippen molar-refractivity contribution < 1.29 is 13.2 Å². The van der Waals surface area contributed by atoms with Crippen LogP contribution in [0.2, 0.25) is 0 Å². The van der Waals surface area contributed by atoms with Gasteiger partial charge in [0.15, 0.2) is 0 Å². The Balaban J connectivity index is 1.68. The molecule has 0 radical (unpaired) electrons. The second-order valence-corrected chi connectivity index (χ2v) is 9.83. The van der Waals surface area contributed by atoms with Gasteiger partial charge in [-0.05, 0) is 68.1 Å². The van der Waals surface area contributed by atoms with Crippen molar-refractivity contribution in [3.8, 4) is 11.3 Å². The number of hydrogen-bond donors (Lipinski definition) is 0. The van der Waals surface area contributed by atoms with Gasteiger partial charge in [0.2, 0.25) is 0 Å². The van der Waals surface area contributed by atoms with E-state index in [1.54, 1.807) is 18.2 Å². The molecule has 1 aliphatic rings. The standard InChI is InChI=1S/C21H20N2O3S2/c1-12-9-17(15(4)14(3)13(12)2)18-11-27-20(22-18)10-23-21(24)16-7-5-6-8-19(16)28(23,25)26/h5-9,11H,10H2,1-4H3. The molecule has 0 N–H and O–H groups in total. The highest BCUT2D eigenvalue weighted by Gasteiger charge is 2.41. The SMILES string of the molecule is Cc1cc(-c2csc(CN3C(=O)c4ccccc4S3(=O)=O)n2)c(C)c(C)c1C. The van der Waals surface area contributed by atoms with E-state index in [1.165, 1.54) is 34.1 Å². The first-order valence-corrected chi connectivity index (χ1v) is 11.2. The molecule has 0 aliphatic carbocycles. The molecule has 2 heterocycles. The molecule has 1 amide bonds. The highest BCUT2D eigenvalue weighted by molar-refractivity contribution is 7.90. The molecule has 0 bridgehead atoms. The number of amides is 1. The van der Waals surface area contributed by atoms with Crippen LogP contribution >= 0.6 is 11.3 Å². The fourth-order valence-corrected chi connectivity index (χ4v) is 5.89. The summed E-state index contributed by atoms with van der Waals surface area (Å²) in [5, 5.41) is 2.52. The number of rotatable bonds is 3. The van der Waals surface area contributed by atoms with Gasteiger partial charge < -0.3 is 0 Å². The van der Waals surface area contributed by atoms with Crippen LogP contribution in [0.1, 0.15) is 37.6 Å². The van der Waals surface area contributed by atoms with Gasteiger partial charge in [-0.25, -0.2) is 17.7 Å². The Labute approximate surface area is 168 Å². The van der Waals surface area contributed by atoms with Gasteiger partial charge in [0.25, 0.3) is 15.9 Å². The van der Waals surface area contributed by atoms with Crippen molar-refractivity contribution in [3.63, 3.8) is 0 Å². The molecule has 4 rings (SSSR count). The van der Waals surface area contributed by atoms with Gasteiger partial charge in [0, 0.05) is 10.9 Å². The number of carbonyl (C=O) groups is 1. The maximum atomic E-state index is 12.7. The lowest BCUT2D eigenvalue weighted by Gasteiger charge is -2.14. The maximum absolute atomic E-state index is 12.7. The number of fused-ring (bicyclic) bond motifs is 1.